The maximum atomic E-state index is 13.1. The summed E-state index contributed by atoms with van der Waals surface area (Å²) in [7, 11) is 1.75. The number of piperazine rings is 1. The van der Waals surface area contributed by atoms with E-state index < -0.39 is 11.9 Å². The minimum absolute atomic E-state index is 0.209. The van der Waals surface area contributed by atoms with Gasteiger partial charge in [0.05, 0.1) is 22.8 Å². The second kappa shape index (κ2) is 8.68. The monoisotopic (exact) mass is 442 g/mol. The lowest BCUT2D eigenvalue weighted by atomic mass is 10.1. The Kier molecular flexibility index (Phi) is 5.75. The minimum Gasteiger partial charge on any atom is -0.370 e. The predicted octanol–water partition coefficient (Wildman–Crippen LogP) is 0.123. The molecular formula is C22H30N6O4. The molecule has 3 aliphatic heterocycles. The molecule has 5 rings (SSSR count). The van der Waals surface area contributed by atoms with Gasteiger partial charge in [-0.3, -0.25) is 28.9 Å². The molecule has 4 heterocycles. The number of piperidine rings is 2. The minimum atomic E-state index is -0.669. The van der Waals surface area contributed by atoms with Gasteiger partial charge in [-0.05, 0) is 31.4 Å². The zero-order valence-corrected chi connectivity index (χ0v) is 18.4. The third kappa shape index (κ3) is 3.82. The number of anilines is 1. The third-order valence-corrected chi connectivity index (χ3v) is 6.76. The van der Waals surface area contributed by atoms with E-state index in [0.717, 1.165) is 68.8 Å². The second-order valence-electron chi connectivity index (χ2n) is 8.79. The number of hydrogen-bond acceptors (Lipinski definition) is 7. The molecule has 1 aromatic carbocycles. The van der Waals surface area contributed by atoms with Crippen molar-refractivity contribution in [3.8, 4) is 0 Å². The normalized spacial score (nSPS) is 23.7. The molecule has 0 spiro atoms. The van der Waals surface area contributed by atoms with Crippen molar-refractivity contribution in [2.24, 2.45) is 7.05 Å². The molecule has 3 saturated heterocycles. The Balaban J connectivity index is 1.38. The Morgan fingerprint density at radius 1 is 1.00 bits per heavy atom. The fourth-order valence-electron chi connectivity index (χ4n) is 5.07. The van der Waals surface area contributed by atoms with Crippen LogP contribution in [0.25, 0.3) is 11.0 Å². The SMILES string of the molecule is Cn1c(=O)n(C2CCC(=O)NC2=O)c2cccc(N3CCC(ON4CCNCC4)CC3)c21. The summed E-state index contributed by atoms with van der Waals surface area (Å²) in [5.74, 6) is -0.696. The van der Waals surface area contributed by atoms with Gasteiger partial charge in [-0.15, -0.1) is 0 Å². The molecule has 10 heteroatoms. The van der Waals surface area contributed by atoms with Crippen molar-refractivity contribution in [1.82, 2.24) is 24.8 Å². The molecule has 2 amide bonds. The molecule has 0 radical (unpaired) electrons. The van der Waals surface area contributed by atoms with Gasteiger partial charge < -0.3 is 10.2 Å². The first-order chi connectivity index (χ1) is 15.5. The molecule has 1 atom stereocenters. The van der Waals surface area contributed by atoms with Gasteiger partial charge in [-0.1, -0.05) is 6.07 Å². The number of amides is 2. The van der Waals surface area contributed by atoms with Crippen LogP contribution in [0.4, 0.5) is 5.69 Å². The van der Waals surface area contributed by atoms with Crippen molar-refractivity contribution in [2.45, 2.75) is 37.8 Å². The van der Waals surface area contributed by atoms with Gasteiger partial charge in [0.2, 0.25) is 11.8 Å². The topological polar surface area (TPSA) is 101 Å². The lowest BCUT2D eigenvalue weighted by Gasteiger charge is -2.37. The molecule has 3 fully saturated rings. The summed E-state index contributed by atoms with van der Waals surface area (Å²) < 4.78 is 3.17. The van der Waals surface area contributed by atoms with E-state index in [-0.39, 0.29) is 24.1 Å². The molecule has 2 aromatic rings. The van der Waals surface area contributed by atoms with Gasteiger partial charge >= 0.3 is 5.69 Å². The van der Waals surface area contributed by atoms with Gasteiger partial charge in [0.15, 0.2) is 0 Å². The van der Waals surface area contributed by atoms with Gasteiger partial charge in [0.25, 0.3) is 0 Å². The van der Waals surface area contributed by atoms with Crippen LogP contribution >= 0.6 is 0 Å². The number of rotatable bonds is 4. The highest BCUT2D eigenvalue weighted by molar-refractivity contribution is 6.00. The van der Waals surface area contributed by atoms with Crippen molar-refractivity contribution in [1.29, 1.82) is 0 Å². The Labute approximate surface area is 186 Å². The molecule has 10 nitrogen and oxygen atoms in total. The average Bonchev–Trinajstić information content (AvgIpc) is 3.06. The van der Waals surface area contributed by atoms with Crippen molar-refractivity contribution in [2.75, 3.05) is 44.2 Å². The first kappa shape index (κ1) is 21.2. The standard InChI is InChI=1S/C22H30N6O4/c1-25-20-16(26-11-7-15(8-12-26)32-27-13-9-23-10-14-27)3-2-4-17(20)28(22(25)31)18-5-6-19(29)24-21(18)30/h2-4,15,18,23H,5-14H2,1H3,(H,24,29,30). The number of benzene rings is 1. The van der Waals surface area contributed by atoms with Crippen LogP contribution in [0.15, 0.2) is 23.0 Å². The summed E-state index contributed by atoms with van der Waals surface area (Å²) in [6.45, 7) is 5.42. The van der Waals surface area contributed by atoms with Crippen LogP contribution in [-0.4, -0.2) is 71.4 Å². The molecule has 0 saturated carbocycles. The van der Waals surface area contributed by atoms with Crippen LogP contribution in [0, 0.1) is 0 Å². The zero-order chi connectivity index (χ0) is 22.2. The number of para-hydroxylation sites is 1. The number of hydrogen-bond donors (Lipinski definition) is 2. The third-order valence-electron chi connectivity index (χ3n) is 6.76. The van der Waals surface area contributed by atoms with E-state index in [1.807, 2.05) is 18.2 Å². The number of carbonyl (C=O) groups excluding carboxylic acids is 2. The molecule has 172 valence electrons. The summed E-state index contributed by atoms with van der Waals surface area (Å²) in [5.41, 5.74) is 2.31. The highest BCUT2D eigenvalue weighted by atomic mass is 16.7. The zero-order valence-electron chi connectivity index (χ0n) is 18.4. The van der Waals surface area contributed by atoms with E-state index in [1.165, 1.54) is 0 Å². The Morgan fingerprint density at radius 3 is 2.47 bits per heavy atom. The van der Waals surface area contributed by atoms with Gasteiger partial charge in [-0.25, -0.2) is 4.79 Å². The highest BCUT2D eigenvalue weighted by Crippen LogP contribution is 2.31. The number of aryl methyl sites for hydroxylation is 1. The van der Waals surface area contributed by atoms with Gasteiger partial charge in [0, 0.05) is 52.7 Å². The fraction of sp³-hybridized carbons (Fsp3) is 0.591. The van der Waals surface area contributed by atoms with Gasteiger partial charge in [0.1, 0.15) is 6.04 Å². The highest BCUT2D eigenvalue weighted by Gasteiger charge is 2.32. The lowest BCUT2D eigenvalue weighted by Crippen LogP contribution is -2.47. The van der Waals surface area contributed by atoms with Crippen LogP contribution in [0.2, 0.25) is 0 Å². The van der Waals surface area contributed by atoms with Crippen LogP contribution in [0.5, 0.6) is 0 Å². The van der Waals surface area contributed by atoms with Crippen LogP contribution in [0.1, 0.15) is 31.7 Å². The predicted molar refractivity (Wildman–Crippen MR) is 119 cm³/mol. The van der Waals surface area contributed by atoms with Crippen LogP contribution < -0.4 is 21.2 Å². The summed E-state index contributed by atoms with van der Waals surface area (Å²) in [5, 5.41) is 7.77. The van der Waals surface area contributed by atoms with Crippen molar-refractivity contribution in [3.63, 3.8) is 0 Å². The van der Waals surface area contributed by atoms with E-state index >= 15 is 0 Å². The van der Waals surface area contributed by atoms with E-state index in [2.05, 4.69) is 20.6 Å². The molecular weight excluding hydrogens is 412 g/mol. The molecule has 3 aliphatic rings. The number of imide groups is 1. The first-order valence-corrected chi connectivity index (χ1v) is 11.4. The average molecular weight is 443 g/mol. The Bertz CT molecular complexity index is 1080. The number of carbonyl (C=O) groups is 2. The Hall–Kier alpha value is -2.69. The van der Waals surface area contributed by atoms with E-state index in [9.17, 15) is 14.4 Å². The summed E-state index contributed by atoms with van der Waals surface area (Å²) in [4.78, 5) is 45.7. The molecule has 32 heavy (non-hydrogen) atoms. The Morgan fingerprint density at radius 2 is 1.75 bits per heavy atom. The van der Waals surface area contributed by atoms with Crippen LogP contribution in [0.3, 0.4) is 0 Å². The number of fused-ring (bicyclic) bond motifs is 1. The van der Waals surface area contributed by atoms with Crippen molar-refractivity contribution in [3.05, 3.63) is 28.7 Å². The maximum Gasteiger partial charge on any atom is 0.329 e. The van der Waals surface area contributed by atoms with Crippen molar-refractivity contribution < 1.29 is 14.4 Å². The van der Waals surface area contributed by atoms with Gasteiger partial charge in [-0.2, -0.15) is 5.06 Å². The van der Waals surface area contributed by atoms with Crippen LogP contribution in [-0.2, 0) is 21.5 Å². The lowest BCUT2D eigenvalue weighted by molar-refractivity contribution is -0.206. The second-order valence-corrected chi connectivity index (χ2v) is 8.79. The number of hydroxylamine groups is 2. The summed E-state index contributed by atoms with van der Waals surface area (Å²) >= 11 is 0. The van der Waals surface area contributed by atoms with E-state index in [4.69, 9.17) is 4.84 Å². The quantitative estimate of drug-likeness (QED) is 0.649. The summed E-state index contributed by atoms with van der Waals surface area (Å²) in [6.07, 6.45) is 2.62. The number of nitrogens with zero attached hydrogens (tertiary/aromatic N) is 4. The first-order valence-electron chi connectivity index (χ1n) is 11.4. The summed E-state index contributed by atoms with van der Waals surface area (Å²) in [6, 6.07) is 5.18. The molecule has 1 unspecified atom stereocenters. The number of aromatic nitrogens is 2. The van der Waals surface area contributed by atoms with E-state index in [0.29, 0.717) is 6.42 Å². The molecule has 1 aromatic heterocycles. The number of imidazole rings is 1. The van der Waals surface area contributed by atoms with E-state index in [1.54, 1.807) is 16.2 Å². The largest absolute Gasteiger partial charge is 0.370 e. The van der Waals surface area contributed by atoms with Crippen molar-refractivity contribution >= 4 is 28.5 Å². The molecule has 0 aliphatic carbocycles. The number of nitrogens with one attached hydrogen (secondary N) is 2. The molecule has 0 bridgehead atoms. The maximum absolute atomic E-state index is 13.1. The fourth-order valence-corrected chi connectivity index (χ4v) is 5.07. The smallest absolute Gasteiger partial charge is 0.329 e. The molecule has 2 N–H and O–H groups in total.